The molecule has 4 rings (SSSR count). The molecule has 4 aliphatic carbocycles. The zero-order valence-electron chi connectivity index (χ0n) is 9.32. The first-order valence-corrected chi connectivity index (χ1v) is 6.22. The van der Waals surface area contributed by atoms with Crippen LogP contribution >= 0.6 is 0 Å². The highest BCUT2D eigenvalue weighted by Gasteiger charge is 2.56. The Kier molecular flexibility index (Phi) is 1.89. The molecule has 0 aliphatic heterocycles. The Hall–Kier alpha value is -0.600. The zero-order valence-corrected chi connectivity index (χ0v) is 9.32. The molecule has 84 valence electrons. The maximum atomic E-state index is 11.0. The van der Waals surface area contributed by atoms with Gasteiger partial charge in [0.1, 0.15) is 0 Å². The Morgan fingerprint density at radius 1 is 1.13 bits per heavy atom. The summed E-state index contributed by atoms with van der Waals surface area (Å²) in [5.41, 5.74) is 0.0816. The predicted molar refractivity (Wildman–Crippen MR) is 57.1 cm³/mol. The first-order valence-electron chi connectivity index (χ1n) is 6.22. The van der Waals surface area contributed by atoms with Crippen LogP contribution in [0.5, 0.6) is 0 Å². The van der Waals surface area contributed by atoms with Crippen molar-refractivity contribution in [3.05, 3.63) is 10.1 Å². The van der Waals surface area contributed by atoms with Crippen molar-refractivity contribution in [1.29, 1.82) is 0 Å². The lowest BCUT2D eigenvalue weighted by atomic mass is 9.48. The molecule has 0 aromatic rings. The third-order valence-electron chi connectivity index (χ3n) is 5.29. The van der Waals surface area contributed by atoms with Crippen molar-refractivity contribution in [3.63, 3.8) is 0 Å². The van der Waals surface area contributed by atoms with Crippen LogP contribution in [0.2, 0.25) is 0 Å². The highest BCUT2D eigenvalue weighted by molar-refractivity contribution is 5.03. The number of nitro groups is 1. The van der Waals surface area contributed by atoms with Crippen molar-refractivity contribution in [2.45, 2.75) is 51.5 Å². The van der Waals surface area contributed by atoms with Gasteiger partial charge in [0.05, 0.1) is 0 Å². The van der Waals surface area contributed by atoms with Crippen molar-refractivity contribution >= 4 is 0 Å². The summed E-state index contributed by atoms with van der Waals surface area (Å²) in [6.07, 6.45) is 7.51. The molecule has 0 heterocycles. The molecular formula is C12H19NO2. The molecule has 0 saturated heterocycles. The summed E-state index contributed by atoms with van der Waals surface area (Å²) in [4.78, 5) is 11.0. The number of hydrogen-bond acceptors (Lipinski definition) is 2. The molecule has 15 heavy (non-hydrogen) atoms. The lowest BCUT2D eigenvalue weighted by molar-refractivity contribution is -0.543. The molecule has 4 fully saturated rings. The monoisotopic (exact) mass is 209 g/mol. The third kappa shape index (κ3) is 1.31. The van der Waals surface area contributed by atoms with Crippen LogP contribution in [0.1, 0.15) is 45.4 Å². The Bertz CT molecular complexity index is 265. The Morgan fingerprint density at radius 2 is 1.53 bits per heavy atom. The van der Waals surface area contributed by atoms with Crippen molar-refractivity contribution in [2.24, 2.45) is 23.2 Å². The summed E-state index contributed by atoms with van der Waals surface area (Å²) in [6.45, 7) is 1.84. The van der Waals surface area contributed by atoms with Crippen LogP contribution in [-0.2, 0) is 0 Å². The second-order valence-electron chi connectivity index (χ2n) is 6.24. The van der Waals surface area contributed by atoms with E-state index < -0.39 is 0 Å². The van der Waals surface area contributed by atoms with E-state index >= 15 is 0 Å². The molecule has 0 radical (unpaired) electrons. The Balaban J connectivity index is 1.89. The molecule has 3 nitrogen and oxygen atoms in total. The lowest BCUT2D eigenvalue weighted by Gasteiger charge is -2.56. The van der Waals surface area contributed by atoms with Gasteiger partial charge in [-0.15, -0.1) is 0 Å². The largest absolute Gasteiger partial charge is 0.264 e. The number of nitrogens with zero attached hydrogens (tertiary/aromatic N) is 1. The summed E-state index contributed by atoms with van der Waals surface area (Å²) in [6, 6.07) is -0.314. The first-order chi connectivity index (χ1) is 7.09. The van der Waals surface area contributed by atoms with Crippen LogP contribution in [0.4, 0.5) is 0 Å². The van der Waals surface area contributed by atoms with E-state index in [0.29, 0.717) is 0 Å². The van der Waals surface area contributed by atoms with Crippen LogP contribution in [-0.4, -0.2) is 11.0 Å². The first kappa shape index (κ1) is 9.61. The normalized spacial score (nSPS) is 49.3. The zero-order chi connectivity index (χ0) is 10.6. The summed E-state index contributed by atoms with van der Waals surface area (Å²) < 4.78 is 0. The van der Waals surface area contributed by atoms with E-state index in [0.717, 1.165) is 37.0 Å². The molecule has 4 bridgehead atoms. The number of hydrogen-bond donors (Lipinski definition) is 0. The van der Waals surface area contributed by atoms with Gasteiger partial charge in [0.2, 0.25) is 6.04 Å². The second-order valence-corrected chi connectivity index (χ2v) is 6.24. The molecule has 0 spiro atoms. The van der Waals surface area contributed by atoms with E-state index in [1.807, 2.05) is 6.92 Å². The van der Waals surface area contributed by atoms with Gasteiger partial charge in [0.25, 0.3) is 0 Å². The average molecular weight is 209 g/mol. The molecule has 0 aromatic heterocycles. The molecule has 4 aliphatic rings. The van der Waals surface area contributed by atoms with Crippen LogP contribution in [0, 0.1) is 33.3 Å². The summed E-state index contributed by atoms with van der Waals surface area (Å²) in [7, 11) is 0. The van der Waals surface area contributed by atoms with Crippen molar-refractivity contribution in [3.8, 4) is 0 Å². The molecule has 4 saturated carbocycles. The van der Waals surface area contributed by atoms with Crippen LogP contribution in [0.25, 0.3) is 0 Å². The Morgan fingerprint density at radius 3 is 1.87 bits per heavy atom. The summed E-state index contributed by atoms with van der Waals surface area (Å²) >= 11 is 0. The topological polar surface area (TPSA) is 43.1 Å². The summed E-state index contributed by atoms with van der Waals surface area (Å²) in [5.74, 6) is 2.45. The van der Waals surface area contributed by atoms with Crippen LogP contribution in [0.3, 0.4) is 0 Å². The Labute approximate surface area is 90.4 Å². The van der Waals surface area contributed by atoms with Gasteiger partial charge in [-0.05, 0) is 56.3 Å². The highest BCUT2D eigenvalue weighted by atomic mass is 16.6. The minimum atomic E-state index is -0.314. The standard InChI is InChI=1S/C12H19NO2/c1-8(13(14)15)12-5-9-2-10(6-12)4-11(3-9)7-12/h8-11H,2-7H2,1H3. The maximum absolute atomic E-state index is 11.0. The van der Waals surface area contributed by atoms with Crippen molar-refractivity contribution < 1.29 is 4.92 Å². The SMILES string of the molecule is CC([N+](=O)[O-])C12CC3CC(CC(C3)C1)C2. The van der Waals surface area contributed by atoms with Crippen molar-refractivity contribution in [1.82, 2.24) is 0 Å². The van der Waals surface area contributed by atoms with Gasteiger partial charge in [-0.1, -0.05) is 0 Å². The molecule has 1 atom stereocenters. The van der Waals surface area contributed by atoms with E-state index in [1.54, 1.807) is 0 Å². The van der Waals surface area contributed by atoms with Gasteiger partial charge in [0.15, 0.2) is 0 Å². The van der Waals surface area contributed by atoms with E-state index in [1.165, 1.54) is 19.3 Å². The fourth-order valence-corrected chi connectivity index (χ4v) is 4.91. The molecular weight excluding hydrogens is 190 g/mol. The molecule has 0 aromatic carbocycles. The highest BCUT2D eigenvalue weighted by Crippen LogP contribution is 2.61. The van der Waals surface area contributed by atoms with Gasteiger partial charge >= 0.3 is 0 Å². The summed E-state index contributed by atoms with van der Waals surface area (Å²) in [5, 5.41) is 11.0. The fourth-order valence-electron chi connectivity index (χ4n) is 4.91. The van der Waals surface area contributed by atoms with E-state index in [-0.39, 0.29) is 16.4 Å². The molecule has 3 heteroatoms. The minimum absolute atomic E-state index is 0.0346. The van der Waals surface area contributed by atoms with E-state index in [9.17, 15) is 10.1 Å². The maximum Gasteiger partial charge on any atom is 0.215 e. The second kappa shape index (κ2) is 2.96. The molecule has 0 N–H and O–H groups in total. The van der Waals surface area contributed by atoms with E-state index in [4.69, 9.17) is 0 Å². The molecule has 1 unspecified atom stereocenters. The lowest BCUT2D eigenvalue weighted by Crippen LogP contribution is -2.52. The van der Waals surface area contributed by atoms with Crippen molar-refractivity contribution in [2.75, 3.05) is 0 Å². The number of rotatable bonds is 2. The molecule has 0 amide bonds. The van der Waals surface area contributed by atoms with Gasteiger partial charge in [-0.25, -0.2) is 0 Å². The fraction of sp³-hybridized carbons (Fsp3) is 1.00. The van der Waals surface area contributed by atoms with E-state index in [2.05, 4.69) is 0 Å². The quantitative estimate of drug-likeness (QED) is 0.518. The smallest absolute Gasteiger partial charge is 0.215 e. The third-order valence-corrected chi connectivity index (χ3v) is 5.29. The predicted octanol–water partition coefficient (Wildman–Crippen LogP) is 2.87. The van der Waals surface area contributed by atoms with Gasteiger partial charge in [-0.3, -0.25) is 10.1 Å². The van der Waals surface area contributed by atoms with Crippen LogP contribution < -0.4 is 0 Å². The van der Waals surface area contributed by atoms with Gasteiger partial charge in [-0.2, -0.15) is 0 Å². The van der Waals surface area contributed by atoms with Gasteiger partial charge in [0, 0.05) is 17.3 Å². The van der Waals surface area contributed by atoms with Gasteiger partial charge < -0.3 is 0 Å². The minimum Gasteiger partial charge on any atom is -0.264 e. The average Bonchev–Trinajstić information content (AvgIpc) is 2.14. The van der Waals surface area contributed by atoms with Crippen LogP contribution in [0.15, 0.2) is 0 Å².